The van der Waals surface area contributed by atoms with Crippen LogP contribution in [0.2, 0.25) is 0 Å². The number of alkyl halides is 3. The normalized spacial score (nSPS) is 21.4. The van der Waals surface area contributed by atoms with Crippen LogP contribution < -0.4 is 0 Å². The van der Waals surface area contributed by atoms with Crippen LogP contribution in [-0.2, 0) is 4.79 Å². The first-order valence-corrected chi connectivity index (χ1v) is 6.45. The molecule has 0 radical (unpaired) electrons. The smallest absolute Gasteiger partial charge is 0.396 e. The SMILES string of the molecule is CN(CC(F)(F)F)C(=O)CN1CCC[C@H](CCO)C1. The van der Waals surface area contributed by atoms with Gasteiger partial charge < -0.3 is 10.0 Å². The molecule has 1 heterocycles. The molecule has 1 rings (SSSR count). The number of aliphatic hydroxyl groups is 1. The molecule has 0 spiro atoms. The third-order valence-electron chi connectivity index (χ3n) is 3.34. The molecule has 4 nitrogen and oxygen atoms in total. The van der Waals surface area contributed by atoms with Gasteiger partial charge in [0.25, 0.3) is 0 Å². The van der Waals surface area contributed by atoms with Crippen molar-refractivity contribution < 1.29 is 23.1 Å². The van der Waals surface area contributed by atoms with Crippen molar-refractivity contribution in [2.45, 2.75) is 25.4 Å². The van der Waals surface area contributed by atoms with Crippen molar-refractivity contribution in [2.75, 3.05) is 39.8 Å². The topological polar surface area (TPSA) is 43.8 Å². The molecule has 0 unspecified atom stereocenters. The van der Waals surface area contributed by atoms with E-state index in [4.69, 9.17) is 5.11 Å². The number of piperidine rings is 1. The summed E-state index contributed by atoms with van der Waals surface area (Å²) in [4.78, 5) is 14.3. The van der Waals surface area contributed by atoms with E-state index >= 15 is 0 Å². The lowest BCUT2D eigenvalue weighted by Gasteiger charge is -2.33. The van der Waals surface area contributed by atoms with Gasteiger partial charge in [-0.3, -0.25) is 9.69 Å². The molecule has 1 N–H and O–H groups in total. The lowest BCUT2D eigenvalue weighted by atomic mass is 9.95. The van der Waals surface area contributed by atoms with Crippen LogP contribution in [0.3, 0.4) is 0 Å². The Hall–Kier alpha value is -0.820. The summed E-state index contributed by atoms with van der Waals surface area (Å²) >= 11 is 0. The third kappa shape index (κ3) is 6.24. The van der Waals surface area contributed by atoms with Crippen LogP contribution in [-0.4, -0.2) is 66.8 Å². The van der Waals surface area contributed by atoms with Crippen LogP contribution in [0, 0.1) is 5.92 Å². The molecule has 0 aromatic rings. The van der Waals surface area contributed by atoms with Crippen molar-refractivity contribution in [1.29, 1.82) is 0 Å². The van der Waals surface area contributed by atoms with Gasteiger partial charge in [0.15, 0.2) is 0 Å². The van der Waals surface area contributed by atoms with Gasteiger partial charge in [0.1, 0.15) is 6.54 Å². The first-order valence-electron chi connectivity index (χ1n) is 6.45. The number of hydrogen-bond acceptors (Lipinski definition) is 3. The zero-order valence-electron chi connectivity index (χ0n) is 11.1. The molecule has 1 saturated heterocycles. The second-order valence-electron chi connectivity index (χ2n) is 5.12. The minimum atomic E-state index is -4.36. The molecule has 0 aliphatic carbocycles. The van der Waals surface area contributed by atoms with Crippen LogP contribution in [0.25, 0.3) is 0 Å². The first-order chi connectivity index (χ1) is 8.81. The Morgan fingerprint density at radius 3 is 2.74 bits per heavy atom. The lowest BCUT2D eigenvalue weighted by molar-refractivity contribution is -0.159. The number of nitrogens with zero attached hydrogens (tertiary/aromatic N) is 2. The van der Waals surface area contributed by atoms with Crippen LogP contribution in [0.15, 0.2) is 0 Å². The maximum atomic E-state index is 12.2. The van der Waals surface area contributed by atoms with E-state index in [-0.39, 0.29) is 13.2 Å². The van der Waals surface area contributed by atoms with Gasteiger partial charge in [0.2, 0.25) is 5.91 Å². The first kappa shape index (κ1) is 16.2. The molecule has 0 aromatic heterocycles. The number of hydrogen-bond donors (Lipinski definition) is 1. The monoisotopic (exact) mass is 282 g/mol. The second kappa shape index (κ2) is 7.09. The maximum Gasteiger partial charge on any atom is 0.406 e. The molecule has 1 fully saturated rings. The summed E-state index contributed by atoms with van der Waals surface area (Å²) in [5.74, 6) is -0.179. The molecule has 112 valence electrons. The molecule has 1 aliphatic rings. The van der Waals surface area contributed by atoms with E-state index in [1.165, 1.54) is 7.05 Å². The number of likely N-dealkylation sites (N-methyl/N-ethyl adjacent to an activating group) is 1. The van der Waals surface area contributed by atoms with E-state index in [1.54, 1.807) is 0 Å². The molecule has 0 bridgehead atoms. The van der Waals surface area contributed by atoms with Gasteiger partial charge in [-0.15, -0.1) is 0 Å². The average molecular weight is 282 g/mol. The number of likely N-dealkylation sites (tertiary alicyclic amines) is 1. The predicted octanol–water partition coefficient (Wildman–Crippen LogP) is 1.10. The number of aliphatic hydroxyl groups excluding tert-OH is 1. The standard InChI is InChI=1S/C12H21F3N2O2/c1-16(9-12(13,14)15)11(19)8-17-5-2-3-10(7-17)4-6-18/h10,18H,2-9H2,1H3/t10-/m1/s1. The fraction of sp³-hybridized carbons (Fsp3) is 0.917. The number of carbonyl (C=O) groups is 1. The molecule has 1 atom stereocenters. The van der Waals surface area contributed by atoms with Crippen LogP contribution >= 0.6 is 0 Å². The zero-order chi connectivity index (χ0) is 14.5. The van der Waals surface area contributed by atoms with Gasteiger partial charge >= 0.3 is 6.18 Å². The van der Waals surface area contributed by atoms with E-state index in [0.29, 0.717) is 18.9 Å². The van der Waals surface area contributed by atoms with Crippen molar-refractivity contribution >= 4 is 5.91 Å². The van der Waals surface area contributed by atoms with Crippen LogP contribution in [0.4, 0.5) is 13.2 Å². The number of carbonyl (C=O) groups excluding carboxylic acids is 1. The van der Waals surface area contributed by atoms with E-state index in [1.807, 2.05) is 4.90 Å². The van der Waals surface area contributed by atoms with Crippen molar-refractivity contribution in [3.8, 4) is 0 Å². The van der Waals surface area contributed by atoms with Gasteiger partial charge in [-0.25, -0.2) is 0 Å². The Morgan fingerprint density at radius 1 is 1.47 bits per heavy atom. The van der Waals surface area contributed by atoms with Gasteiger partial charge in [-0.1, -0.05) is 0 Å². The highest BCUT2D eigenvalue weighted by Crippen LogP contribution is 2.20. The number of halogens is 3. The zero-order valence-corrected chi connectivity index (χ0v) is 11.1. The van der Waals surface area contributed by atoms with Crippen molar-refractivity contribution in [3.05, 3.63) is 0 Å². The Kier molecular flexibility index (Phi) is 6.06. The van der Waals surface area contributed by atoms with Crippen molar-refractivity contribution in [2.24, 2.45) is 5.92 Å². The highest BCUT2D eigenvalue weighted by atomic mass is 19.4. The fourth-order valence-electron chi connectivity index (χ4n) is 2.38. The highest BCUT2D eigenvalue weighted by molar-refractivity contribution is 5.78. The molecule has 7 heteroatoms. The highest BCUT2D eigenvalue weighted by Gasteiger charge is 2.32. The lowest BCUT2D eigenvalue weighted by Crippen LogP contribution is -2.45. The predicted molar refractivity (Wildman–Crippen MR) is 64.6 cm³/mol. The minimum absolute atomic E-state index is 0.0223. The van der Waals surface area contributed by atoms with Crippen molar-refractivity contribution in [3.63, 3.8) is 0 Å². The molecule has 0 saturated carbocycles. The average Bonchev–Trinajstić information content (AvgIpc) is 2.27. The maximum absolute atomic E-state index is 12.2. The molecular weight excluding hydrogens is 261 g/mol. The third-order valence-corrected chi connectivity index (χ3v) is 3.34. The molecule has 1 aliphatic heterocycles. The van der Waals surface area contributed by atoms with E-state index in [0.717, 1.165) is 24.3 Å². The van der Waals surface area contributed by atoms with Gasteiger partial charge in [-0.05, 0) is 31.7 Å². The summed E-state index contributed by atoms with van der Waals surface area (Å²) in [6, 6.07) is 0. The largest absolute Gasteiger partial charge is 0.406 e. The quantitative estimate of drug-likeness (QED) is 0.821. The Morgan fingerprint density at radius 2 is 2.16 bits per heavy atom. The second-order valence-corrected chi connectivity index (χ2v) is 5.12. The van der Waals surface area contributed by atoms with E-state index < -0.39 is 18.6 Å². The van der Waals surface area contributed by atoms with E-state index in [9.17, 15) is 18.0 Å². The van der Waals surface area contributed by atoms with Crippen LogP contribution in [0.1, 0.15) is 19.3 Å². The summed E-state index contributed by atoms with van der Waals surface area (Å²) < 4.78 is 36.5. The summed E-state index contributed by atoms with van der Waals surface area (Å²) in [6.45, 7) is 0.328. The number of amides is 1. The van der Waals surface area contributed by atoms with Crippen LogP contribution in [0.5, 0.6) is 0 Å². The summed E-state index contributed by atoms with van der Waals surface area (Å²) in [6.07, 6.45) is -1.75. The Bertz CT molecular complexity index is 295. The van der Waals surface area contributed by atoms with Gasteiger partial charge in [0, 0.05) is 20.2 Å². The van der Waals surface area contributed by atoms with Gasteiger partial charge in [0.05, 0.1) is 6.54 Å². The molecular formula is C12H21F3N2O2. The summed E-state index contributed by atoms with van der Waals surface area (Å²) in [7, 11) is 1.17. The fourth-order valence-corrected chi connectivity index (χ4v) is 2.38. The summed E-state index contributed by atoms with van der Waals surface area (Å²) in [5.41, 5.74) is 0. The Balaban J connectivity index is 2.39. The molecule has 0 aromatic carbocycles. The molecule has 19 heavy (non-hydrogen) atoms. The molecule has 1 amide bonds. The van der Waals surface area contributed by atoms with E-state index in [2.05, 4.69) is 0 Å². The van der Waals surface area contributed by atoms with Crippen molar-refractivity contribution in [1.82, 2.24) is 9.80 Å². The van der Waals surface area contributed by atoms with Gasteiger partial charge in [-0.2, -0.15) is 13.2 Å². The Labute approximate surface area is 111 Å². The summed E-state index contributed by atoms with van der Waals surface area (Å²) in [5, 5.41) is 8.88. The minimum Gasteiger partial charge on any atom is -0.396 e. The number of rotatable bonds is 5.